The molecule has 2 unspecified atom stereocenters. The average molecular weight is 235 g/mol. The molecule has 2 heteroatoms. The van der Waals surface area contributed by atoms with Gasteiger partial charge in [0, 0.05) is 13.2 Å². The number of methoxy groups -OCH3 is 1. The van der Waals surface area contributed by atoms with Crippen LogP contribution in [0.4, 0.5) is 0 Å². The maximum absolute atomic E-state index is 6.14. The van der Waals surface area contributed by atoms with E-state index in [1.54, 1.807) is 7.11 Å². The van der Waals surface area contributed by atoms with Gasteiger partial charge in [0.05, 0.1) is 6.10 Å². The molecule has 0 spiro atoms. The highest BCUT2D eigenvalue weighted by Crippen LogP contribution is 2.16. The van der Waals surface area contributed by atoms with E-state index >= 15 is 0 Å². The Morgan fingerprint density at radius 2 is 1.76 bits per heavy atom. The van der Waals surface area contributed by atoms with Crippen molar-refractivity contribution in [3.63, 3.8) is 0 Å². The molecule has 0 radical (unpaired) electrons. The largest absolute Gasteiger partial charge is 0.380 e. The van der Waals surface area contributed by atoms with Gasteiger partial charge in [-0.2, -0.15) is 0 Å². The molecule has 0 amide bonds. The van der Waals surface area contributed by atoms with Crippen molar-refractivity contribution in [3.05, 3.63) is 35.4 Å². The summed E-state index contributed by atoms with van der Waals surface area (Å²) in [6.45, 7) is 6.52. The predicted molar refractivity (Wildman–Crippen MR) is 73.3 cm³/mol. The van der Waals surface area contributed by atoms with E-state index in [1.807, 2.05) is 0 Å². The van der Waals surface area contributed by atoms with Crippen LogP contribution in [0.15, 0.2) is 24.3 Å². The zero-order valence-electron chi connectivity index (χ0n) is 11.4. The number of hydrogen-bond acceptors (Lipinski definition) is 2. The number of nitrogens with two attached hydrogens (primary N) is 1. The fourth-order valence-electron chi connectivity index (χ4n) is 2.09. The Balaban J connectivity index is 2.62. The second kappa shape index (κ2) is 6.77. The Hall–Kier alpha value is -0.860. The summed E-state index contributed by atoms with van der Waals surface area (Å²) in [6.07, 6.45) is 1.99. The smallest absolute Gasteiger partial charge is 0.0722 e. The quantitative estimate of drug-likeness (QED) is 0.822. The van der Waals surface area contributed by atoms with Gasteiger partial charge in [0.25, 0.3) is 0 Å². The highest BCUT2D eigenvalue weighted by molar-refractivity contribution is 5.25. The molecule has 2 atom stereocenters. The van der Waals surface area contributed by atoms with Crippen molar-refractivity contribution in [2.75, 3.05) is 7.11 Å². The fourth-order valence-corrected chi connectivity index (χ4v) is 2.09. The first-order valence-electron chi connectivity index (χ1n) is 6.45. The third kappa shape index (κ3) is 4.14. The molecule has 0 saturated carbocycles. The van der Waals surface area contributed by atoms with E-state index in [-0.39, 0.29) is 12.1 Å². The number of benzene rings is 1. The average Bonchev–Trinajstić information content (AvgIpc) is 2.31. The molecule has 0 aromatic heterocycles. The van der Waals surface area contributed by atoms with Gasteiger partial charge in [-0.25, -0.2) is 0 Å². The zero-order valence-corrected chi connectivity index (χ0v) is 11.4. The SMILES string of the molecule is CCC(OC)C(N)Cc1ccc(C(C)C)cc1. The van der Waals surface area contributed by atoms with Crippen molar-refractivity contribution in [1.82, 2.24) is 0 Å². The maximum atomic E-state index is 6.14. The molecule has 0 aliphatic rings. The molecule has 0 heterocycles. The van der Waals surface area contributed by atoms with Gasteiger partial charge in [-0.05, 0) is 29.9 Å². The first-order chi connectivity index (χ1) is 8.08. The lowest BCUT2D eigenvalue weighted by Gasteiger charge is -2.21. The summed E-state index contributed by atoms with van der Waals surface area (Å²) in [5, 5.41) is 0. The molecule has 0 saturated heterocycles. The molecule has 1 aromatic carbocycles. The highest BCUT2D eigenvalue weighted by atomic mass is 16.5. The van der Waals surface area contributed by atoms with E-state index in [2.05, 4.69) is 45.0 Å². The lowest BCUT2D eigenvalue weighted by molar-refractivity contribution is 0.0773. The third-order valence-corrected chi connectivity index (χ3v) is 3.30. The summed E-state index contributed by atoms with van der Waals surface area (Å²) in [4.78, 5) is 0. The molecule has 0 fully saturated rings. The van der Waals surface area contributed by atoms with Crippen molar-refractivity contribution < 1.29 is 4.74 Å². The summed E-state index contributed by atoms with van der Waals surface area (Å²) in [5.74, 6) is 0.583. The number of rotatable bonds is 6. The Bertz CT molecular complexity index is 314. The van der Waals surface area contributed by atoms with Crippen molar-refractivity contribution in [3.8, 4) is 0 Å². The van der Waals surface area contributed by atoms with E-state index in [0.29, 0.717) is 5.92 Å². The molecule has 0 aliphatic heterocycles. The van der Waals surface area contributed by atoms with Crippen LogP contribution in [0.5, 0.6) is 0 Å². The molecular weight excluding hydrogens is 210 g/mol. The Morgan fingerprint density at radius 3 is 2.18 bits per heavy atom. The minimum Gasteiger partial charge on any atom is -0.380 e. The topological polar surface area (TPSA) is 35.2 Å². The molecule has 1 rings (SSSR count). The molecule has 0 bridgehead atoms. The fraction of sp³-hybridized carbons (Fsp3) is 0.600. The van der Waals surface area contributed by atoms with Gasteiger partial charge in [0.1, 0.15) is 0 Å². The summed E-state index contributed by atoms with van der Waals surface area (Å²) in [6, 6.07) is 8.82. The Labute approximate surface area is 105 Å². The van der Waals surface area contributed by atoms with Crippen molar-refractivity contribution in [2.24, 2.45) is 5.73 Å². The van der Waals surface area contributed by atoms with E-state index in [0.717, 1.165) is 12.8 Å². The first-order valence-corrected chi connectivity index (χ1v) is 6.45. The van der Waals surface area contributed by atoms with Crippen molar-refractivity contribution >= 4 is 0 Å². The number of ether oxygens (including phenoxy) is 1. The van der Waals surface area contributed by atoms with E-state index < -0.39 is 0 Å². The van der Waals surface area contributed by atoms with Crippen LogP contribution >= 0.6 is 0 Å². The molecular formula is C15H25NO. The summed E-state index contributed by atoms with van der Waals surface area (Å²) >= 11 is 0. The van der Waals surface area contributed by atoms with Gasteiger partial charge in [-0.15, -0.1) is 0 Å². The van der Waals surface area contributed by atoms with Crippen molar-refractivity contribution in [1.29, 1.82) is 0 Å². The Morgan fingerprint density at radius 1 is 1.18 bits per heavy atom. The van der Waals surface area contributed by atoms with Crippen LogP contribution in [0.25, 0.3) is 0 Å². The van der Waals surface area contributed by atoms with E-state index in [9.17, 15) is 0 Å². The predicted octanol–water partition coefficient (Wildman–Crippen LogP) is 3.10. The van der Waals surface area contributed by atoms with Gasteiger partial charge >= 0.3 is 0 Å². The maximum Gasteiger partial charge on any atom is 0.0722 e. The standard InChI is InChI=1S/C15H25NO/c1-5-15(17-4)14(16)10-12-6-8-13(9-7-12)11(2)3/h6-9,11,14-15H,5,10,16H2,1-4H3. The van der Waals surface area contributed by atoms with Crippen LogP contribution in [-0.4, -0.2) is 19.3 Å². The molecule has 2 nitrogen and oxygen atoms in total. The minimum absolute atomic E-state index is 0.0786. The second-order valence-corrected chi connectivity index (χ2v) is 4.95. The Kier molecular flexibility index (Phi) is 5.66. The molecule has 96 valence electrons. The lowest BCUT2D eigenvalue weighted by atomic mass is 9.97. The molecule has 2 N–H and O–H groups in total. The van der Waals surface area contributed by atoms with Crippen LogP contribution in [-0.2, 0) is 11.2 Å². The van der Waals surface area contributed by atoms with Gasteiger partial charge in [0.15, 0.2) is 0 Å². The van der Waals surface area contributed by atoms with Crippen LogP contribution in [0.2, 0.25) is 0 Å². The summed E-state index contributed by atoms with van der Waals surface area (Å²) in [7, 11) is 1.73. The van der Waals surface area contributed by atoms with Crippen LogP contribution in [0.1, 0.15) is 44.2 Å². The van der Waals surface area contributed by atoms with Gasteiger partial charge in [0.2, 0.25) is 0 Å². The lowest BCUT2D eigenvalue weighted by Crippen LogP contribution is -2.37. The van der Waals surface area contributed by atoms with Crippen LogP contribution in [0, 0.1) is 0 Å². The molecule has 1 aromatic rings. The summed E-state index contributed by atoms with van der Waals surface area (Å²) in [5.41, 5.74) is 8.81. The van der Waals surface area contributed by atoms with Crippen LogP contribution in [0.3, 0.4) is 0 Å². The van der Waals surface area contributed by atoms with Crippen LogP contribution < -0.4 is 5.73 Å². The van der Waals surface area contributed by atoms with Gasteiger partial charge in [-0.1, -0.05) is 45.0 Å². The van der Waals surface area contributed by atoms with Gasteiger partial charge < -0.3 is 10.5 Å². The highest BCUT2D eigenvalue weighted by Gasteiger charge is 2.15. The van der Waals surface area contributed by atoms with E-state index in [1.165, 1.54) is 11.1 Å². The molecule has 0 aliphatic carbocycles. The zero-order chi connectivity index (χ0) is 12.8. The second-order valence-electron chi connectivity index (χ2n) is 4.95. The first kappa shape index (κ1) is 14.2. The third-order valence-electron chi connectivity index (χ3n) is 3.30. The van der Waals surface area contributed by atoms with E-state index in [4.69, 9.17) is 10.5 Å². The minimum atomic E-state index is 0.0786. The van der Waals surface area contributed by atoms with Gasteiger partial charge in [-0.3, -0.25) is 0 Å². The summed E-state index contributed by atoms with van der Waals surface area (Å²) < 4.78 is 5.37. The van der Waals surface area contributed by atoms with Crippen molar-refractivity contribution in [2.45, 2.75) is 51.7 Å². The number of hydrogen-bond donors (Lipinski definition) is 1. The molecule has 17 heavy (non-hydrogen) atoms. The normalized spacial score (nSPS) is 14.9. The monoisotopic (exact) mass is 235 g/mol.